The van der Waals surface area contributed by atoms with E-state index in [-0.39, 0.29) is 17.4 Å². The van der Waals surface area contributed by atoms with Crippen LogP contribution < -0.4 is 5.56 Å². The number of benzene rings is 1. The molecule has 2 aromatic rings. The van der Waals surface area contributed by atoms with Gasteiger partial charge >= 0.3 is 0 Å². The van der Waals surface area contributed by atoms with Gasteiger partial charge in [0.25, 0.3) is 5.56 Å². The minimum atomic E-state index is -0.0967. The Bertz CT molecular complexity index is 810. The van der Waals surface area contributed by atoms with Crippen molar-refractivity contribution in [3.8, 4) is 0 Å². The first kappa shape index (κ1) is 19.3. The zero-order valence-corrected chi connectivity index (χ0v) is 16.1. The topological polar surface area (TPSA) is 69.3 Å². The number of carbonyl (C=O) groups excluding carboxylic acids is 1. The van der Waals surface area contributed by atoms with E-state index in [2.05, 4.69) is 33.9 Å². The number of aryl methyl sites for hydroxylation is 1. The first-order chi connectivity index (χ1) is 13.0. The molecule has 1 atom stereocenters. The summed E-state index contributed by atoms with van der Waals surface area (Å²) in [6.07, 6.45) is 1.29. The third kappa shape index (κ3) is 5.26. The van der Waals surface area contributed by atoms with Gasteiger partial charge in [-0.15, -0.1) is 0 Å². The molecule has 0 radical (unpaired) electrons. The SMILES string of the molecule is CCc1cc(=O)[nH]c(CN2CCN(C(=O)C[C@H](C)c3ccccc3)CC2)n1. The predicted molar refractivity (Wildman–Crippen MR) is 106 cm³/mol. The molecule has 3 rings (SSSR count). The summed E-state index contributed by atoms with van der Waals surface area (Å²) in [4.78, 5) is 35.8. The first-order valence-electron chi connectivity index (χ1n) is 9.69. The summed E-state index contributed by atoms with van der Waals surface area (Å²) in [5.74, 6) is 1.14. The summed E-state index contributed by atoms with van der Waals surface area (Å²) < 4.78 is 0. The Kier molecular flexibility index (Phi) is 6.40. The van der Waals surface area contributed by atoms with E-state index in [9.17, 15) is 9.59 Å². The van der Waals surface area contributed by atoms with Crippen molar-refractivity contribution < 1.29 is 4.79 Å². The quantitative estimate of drug-likeness (QED) is 0.848. The van der Waals surface area contributed by atoms with Gasteiger partial charge in [-0.3, -0.25) is 14.5 Å². The van der Waals surface area contributed by atoms with Crippen molar-refractivity contribution in [1.82, 2.24) is 19.8 Å². The largest absolute Gasteiger partial charge is 0.340 e. The lowest BCUT2D eigenvalue weighted by molar-refractivity contribution is -0.133. The van der Waals surface area contributed by atoms with E-state index in [0.29, 0.717) is 18.8 Å². The predicted octanol–water partition coefficient (Wildman–Crippen LogP) is 2.17. The third-order valence-electron chi connectivity index (χ3n) is 5.15. The van der Waals surface area contributed by atoms with Gasteiger partial charge in [-0.2, -0.15) is 0 Å². The van der Waals surface area contributed by atoms with Crippen LogP contribution in [0.5, 0.6) is 0 Å². The molecular formula is C21H28N4O2. The second-order valence-electron chi connectivity index (χ2n) is 7.21. The number of rotatable bonds is 6. The van der Waals surface area contributed by atoms with Crippen molar-refractivity contribution in [2.24, 2.45) is 0 Å². The molecular weight excluding hydrogens is 340 g/mol. The van der Waals surface area contributed by atoms with Crippen molar-refractivity contribution in [3.05, 3.63) is 63.8 Å². The van der Waals surface area contributed by atoms with Crippen molar-refractivity contribution in [1.29, 1.82) is 0 Å². The summed E-state index contributed by atoms with van der Waals surface area (Å²) in [6.45, 7) is 7.75. The molecule has 27 heavy (non-hydrogen) atoms. The summed E-state index contributed by atoms with van der Waals surface area (Å²) in [5.41, 5.74) is 1.92. The van der Waals surface area contributed by atoms with E-state index < -0.39 is 0 Å². The van der Waals surface area contributed by atoms with Gasteiger partial charge in [-0.1, -0.05) is 44.2 Å². The summed E-state index contributed by atoms with van der Waals surface area (Å²) >= 11 is 0. The Morgan fingerprint density at radius 1 is 1.19 bits per heavy atom. The molecule has 1 aromatic heterocycles. The van der Waals surface area contributed by atoms with Gasteiger partial charge in [-0.25, -0.2) is 4.98 Å². The van der Waals surface area contributed by atoms with Gasteiger partial charge in [0.2, 0.25) is 5.91 Å². The fraction of sp³-hybridized carbons (Fsp3) is 0.476. The normalized spacial score (nSPS) is 16.3. The van der Waals surface area contributed by atoms with Crippen molar-refractivity contribution in [3.63, 3.8) is 0 Å². The Balaban J connectivity index is 1.50. The smallest absolute Gasteiger partial charge is 0.251 e. The number of aromatic amines is 1. The fourth-order valence-corrected chi connectivity index (χ4v) is 3.48. The van der Waals surface area contributed by atoms with Crippen LogP contribution in [0.4, 0.5) is 0 Å². The highest BCUT2D eigenvalue weighted by Crippen LogP contribution is 2.20. The Morgan fingerprint density at radius 2 is 1.89 bits per heavy atom. The lowest BCUT2D eigenvalue weighted by Crippen LogP contribution is -2.48. The Labute approximate surface area is 160 Å². The maximum Gasteiger partial charge on any atom is 0.251 e. The summed E-state index contributed by atoms with van der Waals surface area (Å²) in [7, 11) is 0. The van der Waals surface area contributed by atoms with E-state index in [1.165, 1.54) is 5.56 Å². The van der Waals surface area contributed by atoms with Crippen LogP contribution in [0.1, 0.15) is 43.3 Å². The zero-order chi connectivity index (χ0) is 19.2. The van der Waals surface area contributed by atoms with Gasteiger partial charge in [0.05, 0.1) is 6.54 Å². The van der Waals surface area contributed by atoms with E-state index in [0.717, 1.165) is 38.3 Å². The molecule has 1 saturated heterocycles. The molecule has 144 valence electrons. The monoisotopic (exact) mass is 368 g/mol. The van der Waals surface area contributed by atoms with Gasteiger partial charge in [0.1, 0.15) is 5.82 Å². The molecule has 0 bridgehead atoms. The van der Waals surface area contributed by atoms with Gasteiger partial charge in [-0.05, 0) is 17.9 Å². The molecule has 0 spiro atoms. The van der Waals surface area contributed by atoms with E-state index in [4.69, 9.17) is 0 Å². The zero-order valence-electron chi connectivity index (χ0n) is 16.1. The van der Waals surface area contributed by atoms with Crippen LogP contribution in [0.15, 0.2) is 41.2 Å². The lowest BCUT2D eigenvalue weighted by atomic mass is 9.97. The highest BCUT2D eigenvalue weighted by atomic mass is 16.2. The number of nitrogens with zero attached hydrogens (tertiary/aromatic N) is 3. The van der Waals surface area contributed by atoms with Crippen LogP contribution in [0.25, 0.3) is 0 Å². The standard InChI is InChI=1S/C21H28N4O2/c1-3-18-14-20(26)23-19(22-18)15-24-9-11-25(12-10-24)21(27)13-16(2)17-7-5-4-6-8-17/h4-8,14,16H,3,9-13,15H2,1-2H3,(H,22,23,26)/t16-/m0/s1. The van der Waals surface area contributed by atoms with Crippen molar-refractivity contribution >= 4 is 5.91 Å². The number of carbonyl (C=O) groups is 1. The molecule has 2 heterocycles. The minimum Gasteiger partial charge on any atom is -0.340 e. The molecule has 1 amide bonds. The molecule has 1 fully saturated rings. The Hall–Kier alpha value is -2.47. The molecule has 1 N–H and O–H groups in total. The van der Waals surface area contributed by atoms with Crippen molar-refractivity contribution in [2.75, 3.05) is 26.2 Å². The fourth-order valence-electron chi connectivity index (χ4n) is 3.48. The molecule has 6 nitrogen and oxygen atoms in total. The van der Waals surface area contributed by atoms with Crippen LogP contribution in [0.3, 0.4) is 0 Å². The number of piperazine rings is 1. The van der Waals surface area contributed by atoms with Crippen molar-refractivity contribution in [2.45, 2.75) is 39.2 Å². The minimum absolute atomic E-state index is 0.0967. The first-order valence-corrected chi connectivity index (χ1v) is 9.69. The third-order valence-corrected chi connectivity index (χ3v) is 5.15. The van der Waals surface area contributed by atoms with Crippen LogP contribution >= 0.6 is 0 Å². The summed E-state index contributed by atoms with van der Waals surface area (Å²) in [5, 5.41) is 0. The second-order valence-corrected chi connectivity index (χ2v) is 7.21. The van der Waals surface area contributed by atoms with Gasteiger partial charge < -0.3 is 9.88 Å². The van der Waals surface area contributed by atoms with E-state index in [1.807, 2.05) is 30.0 Å². The average molecular weight is 368 g/mol. The lowest BCUT2D eigenvalue weighted by Gasteiger charge is -2.35. The molecule has 0 saturated carbocycles. The molecule has 0 aliphatic carbocycles. The number of hydrogen-bond donors (Lipinski definition) is 1. The maximum absolute atomic E-state index is 12.6. The average Bonchev–Trinajstić information content (AvgIpc) is 2.68. The number of amides is 1. The van der Waals surface area contributed by atoms with E-state index >= 15 is 0 Å². The molecule has 6 heteroatoms. The number of nitrogens with one attached hydrogen (secondary N) is 1. The molecule has 1 aliphatic rings. The highest BCUT2D eigenvalue weighted by Gasteiger charge is 2.23. The molecule has 1 aromatic carbocycles. The van der Waals surface area contributed by atoms with Crippen LogP contribution in [-0.4, -0.2) is 51.9 Å². The number of hydrogen-bond acceptors (Lipinski definition) is 4. The highest BCUT2D eigenvalue weighted by molar-refractivity contribution is 5.77. The van der Waals surface area contributed by atoms with E-state index in [1.54, 1.807) is 6.07 Å². The van der Waals surface area contributed by atoms with Crippen LogP contribution in [0, 0.1) is 0 Å². The maximum atomic E-state index is 12.6. The Morgan fingerprint density at radius 3 is 2.56 bits per heavy atom. The molecule has 0 unspecified atom stereocenters. The second kappa shape index (κ2) is 8.95. The van der Waals surface area contributed by atoms with Crippen LogP contribution in [0.2, 0.25) is 0 Å². The number of H-pyrrole nitrogens is 1. The number of aromatic nitrogens is 2. The van der Waals surface area contributed by atoms with Gasteiger partial charge in [0.15, 0.2) is 0 Å². The molecule has 1 aliphatic heterocycles. The van der Waals surface area contributed by atoms with Crippen LogP contribution in [-0.2, 0) is 17.8 Å². The van der Waals surface area contributed by atoms with Gasteiger partial charge in [0, 0.05) is 44.4 Å². The summed E-state index contributed by atoms with van der Waals surface area (Å²) in [6, 6.07) is 11.7.